The Morgan fingerprint density at radius 2 is 2.06 bits per heavy atom. The van der Waals surface area contributed by atoms with Crippen molar-refractivity contribution in [2.24, 2.45) is 0 Å². The number of benzene rings is 1. The van der Waals surface area contributed by atoms with Crippen molar-refractivity contribution in [2.75, 3.05) is 13.4 Å². The zero-order valence-corrected chi connectivity index (χ0v) is 9.14. The van der Waals surface area contributed by atoms with Crippen LogP contribution in [0.3, 0.4) is 0 Å². The van der Waals surface area contributed by atoms with E-state index in [0.717, 1.165) is 30.1 Å². The van der Waals surface area contributed by atoms with Gasteiger partial charge < -0.3 is 18.9 Å². The molecule has 1 aromatic rings. The van der Waals surface area contributed by atoms with E-state index in [4.69, 9.17) is 18.9 Å². The third kappa shape index (κ3) is 1.74. The second kappa shape index (κ2) is 3.96. The molecule has 0 bridgehead atoms. The topological polar surface area (TPSA) is 36.9 Å². The Labute approximate surface area is 94.1 Å². The summed E-state index contributed by atoms with van der Waals surface area (Å²) in [5.74, 6) is 1.61. The Hall–Kier alpha value is -1.26. The van der Waals surface area contributed by atoms with Gasteiger partial charge in [0, 0.05) is 6.42 Å². The molecule has 2 unspecified atom stereocenters. The van der Waals surface area contributed by atoms with Crippen LogP contribution in [0.1, 0.15) is 25.0 Å². The zero-order chi connectivity index (χ0) is 11.0. The van der Waals surface area contributed by atoms with Gasteiger partial charge in [0.15, 0.2) is 17.8 Å². The molecule has 0 amide bonds. The molecule has 4 heteroatoms. The molecular formula is C12H14O4. The van der Waals surface area contributed by atoms with Gasteiger partial charge >= 0.3 is 0 Å². The summed E-state index contributed by atoms with van der Waals surface area (Å²) in [6, 6.07) is 5.95. The smallest absolute Gasteiger partial charge is 0.231 e. The van der Waals surface area contributed by atoms with Crippen molar-refractivity contribution in [2.45, 2.75) is 25.7 Å². The van der Waals surface area contributed by atoms with E-state index in [1.807, 2.05) is 25.1 Å². The standard InChI is InChI=1S/C12H14O4/c1-8-13-5-4-10(16-8)9-2-3-11-12(6-9)15-7-14-11/h2-3,6,8,10H,4-5,7H2,1H3. The zero-order valence-electron chi connectivity index (χ0n) is 9.14. The lowest BCUT2D eigenvalue weighted by Crippen LogP contribution is -2.24. The monoisotopic (exact) mass is 222 g/mol. The Kier molecular flexibility index (Phi) is 2.46. The van der Waals surface area contributed by atoms with Crippen LogP contribution < -0.4 is 9.47 Å². The van der Waals surface area contributed by atoms with Crippen molar-refractivity contribution in [1.29, 1.82) is 0 Å². The highest BCUT2D eigenvalue weighted by atomic mass is 16.7. The number of rotatable bonds is 1. The van der Waals surface area contributed by atoms with Crippen LogP contribution in [-0.2, 0) is 9.47 Å². The summed E-state index contributed by atoms with van der Waals surface area (Å²) in [7, 11) is 0. The highest BCUT2D eigenvalue weighted by molar-refractivity contribution is 5.45. The van der Waals surface area contributed by atoms with Crippen molar-refractivity contribution >= 4 is 0 Å². The Bertz CT molecular complexity index is 391. The molecule has 2 heterocycles. The minimum Gasteiger partial charge on any atom is -0.454 e. The maximum absolute atomic E-state index is 5.71. The van der Waals surface area contributed by atoms with Gasteiger partial charge in [-0.1, -0.05) is 6.07 Å². The summed E-state index contributed by atoms with van der Waals surface area (Å²) >= 11 is 0. The van der Waals surface area contributed by atoms with E-state index in [1.165, 1.54) is 0 Å². The summed E-state index contributed by atoms with van der Waals surface area (Å²) in [6.45, 7) is 2.96. The van der Waals surface area contributed by atoms with Gasteiger partial charge in [0.1, 0.15) is 0 Å². The fraction of sp³-hybridized carbons (Fsp3) is 0.500. The molecular weight excluding hydrogens is 208 g/mol. The second-order valence-electron chi connectivity index (χ2n) is 3.96. The van der Waals surface area contributed by atoms with Crippen LogP contribution in [0.4, 0.5) is 0 Å². The first-order chi connectivity index (χ1) is 7.83. The maximum atomic E-state index is 5.71. The molecule has 1 aromatic carbocycles. The van der Waals surface area contributed by atoms with Gasteiger partial charge in [0.05, 0.1) is 12.7 Å². The van der Waals surface area contributed by atoms with Gasteiger partial charge in [-0.15, -0.1) is 0 Å². The average molecular weight is 222 g/mol. The molecule has 3 rings (SSSR count). The third-order valence-electron chi connectivity index (χ3n) is 2.86. The van der Waals surface area contributed by atoms with Gasteiger partial charge in [-0.3, -0.25) is 0 Å². The fourth-order valence-corrected chi connectivity index (χ4v) is 2.04. The van der Waals surface area contributed by atoms with Crippen molar-refractivity contribution < 1.29 is 18.9 Å². The van der Waals surface area contributed by atoms with E-state index in [0.29, 0.717) is 6.79 Å². The van der Waals surface area contributed by atoms with Crippen molar-refractivity contribution in [3.05, 3.63) is 23.8 Å². The highest BCUT2D eigenvalue weighted by Crippen LogP contribution is 2.36. The summed E-state index contributed by atoms with van der Waals surface area (Å²) in [5.41, 5.74) is 1.12. The lowest BCUT2D eigenvalue weighted by molar-refractivity contribution is -0.204. The molecule has 4 nitrogen and oxygen atoms in total. The van der Waals surface area contributed by atoms with Gasteiger partial charge in [-0.2, -0.15) is 0 Å². The minimum atomic E-state index is -0.135. The molecule has 0 spiro atoms. The first kappa shape index (κ1) is 9.93. The summed E-state index contributed by atoms with van der Waals surface area (Å²) in [5, 5.41) is 0. The number of ether oxygens (including phenoxy) is 4. The van der Waals surface area contributed by atoms with Crippen LogP contribution in [-0.4, -0.2) is 19.7 Å². The molecule has 0 saturated carbocycles. The van der Waals surface area contributed by atoms with Crippen molar-refractivity contribution in [1.82, 2.24) is 0 Å². The largest absolute Gasteiger partial charge is 0.454 e. The van der Waals surface area contributed by atoms with Crippen LogP contribution in [0.25, 0.3) is 0 Å². The number of hydrogen-bond acceptors (Lipinski definition) is 4. The minimum absolute atomic E-state index is 0.0956. The SMILES string of the molecule is CC1OCCC(c2ccc3c(c2)OCO3)O1. The van der Waals surface area contributed by atoms with Gasteiger partial charge in [-0.05, 0) is 24.6 Å². The molecule has 0 radical (unpaired) electrons. The predicted octanol–water partition coefficient (Wildman–Crippen LogP) is 2.24. The summed E-state index contributed by atoms with van der Waals surface area (Å²) in [6.07, 6.45) is 0.840. The van der Waals surface area contributed by atoms with Crippen LogP contribution >= 0.6 is 0 Å². The molecule has 86 valence electrons. The van der Waals surface area contributed by atoms with Gasteiger partial charge in [0.2, 0.25) is 6.79 Å². The normalized spacial score (nSPS) is 28.1. The van der Waals surface area contributed by atoms with E-state index in [1.54, 1.807) is 0 Å². The van der Waals surface area contributed by atoms with E-state index in [9.17, 15) is 0 Å². The van der Waals surface area contributed by atoms with E-state index < -0.39 is 0 Å². The second-order valence-corrected chi connectivity index (χ2v) is 3.96. The maximum Gasteiger partial charge on any atom is 0.231 e. The molecule has 2 aliphatic heterocycles. The average Bonchev–Trinajstić information content (AvgIpc) is 2.75. The predicted molar refractivity (Wildman–Crippen MR) is 56.4 cm³/mol. The molecule has 0 aliphatic carbocycles. The molecule has 0 aromatic heterocycles. The van der Waals surface area contributed by atoms with E-state index in [2.05, 4.69) is 0 Å². The number of hydrogen-bond donors (Lipinski definition) is 0. The molecule has 1 fully saturated rings. The van der Waals surface area contributed by atoms with Crippen molar-refractivity contribution in [3.63, 3.8) is 0 Å². The lowest BCUT2D eigenvalue weighted by atomic mass is 10.1. The Balaban J connectivity index is 1.83. The van der Waals surface area contributed by atoms with Crippen LogP contribution in [0.15, 0.2) is 18.2 Å². The molecule has 0 N–H and O–H groups in total. The van der Waals surface area contributed by atoms with Crippen LogP contribution in [0.5, 0.6) is 11.5 Å². The molecule has 2 aliphatic rings. The van der Waals surface area contributed by atoms with Gasteiger partial charge in [0.25, 0.3) is 0 Å². The first-order valence-corrected chi connectivity index (χ1v) is 5.49. The third-order valence-corrected chi connectivity index (χ3v) is 2.86. The van der Waals surface area contributed by atoms with Crippen LogP contribution in [0.2, 0.25) is 0 Å². The first-order valence-electron chi connectivity index (χ1n) is 5.49. The van der Waals surface area contributed by atoms with E-state index >= 15 is 0 Å². The molecule has 2 atom stereocenters. The van der Waals surface area contributed by atoms with Crippen LogP contribution in [0, 0.1) is 0 Å². The van der Waals surface area contributed by atoms with E-state index in [-0.39, 0.29) is 12.4 Å². The van der Waals surface area contributed by atoms with Crippen molar-refractivity contribution in [3.8, 4) is 11.5 Å². The summed E-state index contributed by atoms with van der Waals surface area (Å²) < 4.78 is 21.7. The Morgan fingerprint density at radius 1 is 1.19 bits per heavy atom. The quantitative estimate of drug-likeness (QED) is 0.730. The molecule has 1 saturated heterocycles. The van der Waals surface area contributed by atoms with Gasteiger partial charge in [-0.25, -0.2) is 0 Å². The highest BCUT2D eigenvalue weighted by Gasteiger charge is 2.23. The number of fused-ring (bicyclic) bond motifs is 1. The lowest BCUT2D eigenvalue weighted by Gasteiger charge is -2.28. The fourth-order valence-electron chi connectivity index (χ4n) is 2.04. The molecule has 16 heavy (non-hydrogen) atoms. The summed E-state index contributed by atoms with van der Waals surface area (Å²) in [4.78, 5) is 0. The Morgan fingerprint density at radius 3 is 2.94 bits per heavy atom.